The lowest BCUT2D eigenvalue weighted by atomic mass is 10.2. The van der Waals surface area contributed by atoms with Gasteiger partial charge in [0.25, 0.3) is 5.91 Å². The van der Waals surface area contributed by atoms with Gasteiger partial charge < -0.3 is 24.2 Å². The molecule has 1 aromatic rings. The smallest absolute Gasteiger partial charge is 0.328 e. The number of carbonyl (C=O) groups excluding carboxylic acids is 1. The summed E-state index contributed by atoms with van der Waals surface area (Å²) in [6.45, 7) is 0.613. The average Bonchev–Trinajstić information content (AvgIpc) is 2.53. The number of carbonyl (C=O) groups is 2. The van der Waals surface area contributed by atoms with E-state index in [2.05, 4.69) is 0 Å². The Morgan fingerprint density at radius 1 is 1.19 bits per heavy atom. The summed E-state index contributed by atoms with van der Waals surface area (Å²) < 4.78 is 16.2. The third-order valence-corrected chi connectivity index (χ3v) is 3.48. The number of para-hydroxylation sites is 2. The molecule has 0 spiro atoms. The number of amides is 1. The van der Waals surface area contributed by atoms with Crippen molar-refractivity contribution in [1.29, 1.82) is 0 Å². The third kappa shape index (κ3) is 2.64. The van der Waals surface area contributed by atoms with Gasteiger partial charge in [-0.1, -0.05) is 12.1 Å². The highest BCUT2D eigenvalue weighted by molar-refractivity contribution is 5.87. The normalized spacial score (nSPS) is 24.5. The number of carboxylic acids is 1. The van der Waals surface area contributed by atoms with E-state index in [-0.39, 0.29) is 25.7 Å². The molecule has 112 valence electrons. The quantitative estimate of drug-likeness (QED) is 0.835. The zero-order valence-electron chi connectivity index (χ0n) is 11.2. The first kappa shape index (κ1) is 13.7. The van der Waals surface area contributed by atoms with Gasteiger partial charge >= 0.3 is 5.97 Å². The van der Waals surface area contributed by atoms with Crippen molar-refractivity contribution >= 4 is 11.9 Å². The third-order valence-electron chi connectivity index (χ3n) is 3.48. The van der Waals surface area contributed by atoms with Crippen LogP contribution in [0.3, 0.4) is 0 Å². The molecule has 3 rings (SSSR count). The molecule has 7 nitrogen and oxygen atoms in total. The minimum Gasteiger partial charge on any atom is -0.485 e. The standard InChI is InChI=1S/C14H15NO6/c16-13(15-5-6-19-7-9(15)14(17)18)12-8-20-10-3-1-2-4-11(10)21-12/h1-4,9,12H,5-8H2,(H,17,18)/t9-,12-/m0/s1. The molecule has 0 bridgehead atoms. The largest absolute Gasteiger partial charge is 0.485 e. The van der Waals surface area contributed by atoms with Crippen molar-refractivity contribution in [3.05, 3.63) is 24.3 Å². The molecule has 2 aliphatic heterocycles. The number of carboxylic acid groups (broad SMARTS) is 1. The van der Waals surface area contributed by atoms with Crippen LogP contribution >= 0.6 is 0 Å². The van der Waals surface area contributed by atoms with Crippen LogP contribution in [0.1, 0.15) is 0 Å². The zero-order valence-corrected chi connectivity index (χ0v) is 11.2. The first-order valence-electron chi connectivity index (χ1n) is 6.66. The van der Waals surface area contributed by atoms with Crippen LogP contribution in [-0.4, -0.2) is 60.4 Å². The van der Waals surface area contributed by atoms with Crippen molar-refractivity contribution in [3.8, 4) is 11.5 Å². The summed E-state index contributed by atoms with van der Waals surface area (Å²) in [7, 11) is 0. The maximum atomic E-state index is 12.5. The van der Waals surface area contributed by atoms with Gasteiger partial charge in [0, 0.05) is 6.54 Å². The molecule has 0 unspecified atom stereocenters. The molecule has 7 heteroatoms. The monoisotopic (exact) mass is 293 g/mol. The number of ether oxygens (including phenoxy) is 3. The van der Waals surface area contributed by atoms with Crippen molar-refractivity contribution in [2.75, 3.05) is 26.4 Å². The molecule has 0 aliphatic carbocycles. The van der Waals surface area contributed by atoms with E-state index in [0.717, 1.165) is 0 Å². The Kier molecular flexibility index (Phi) is 3.66. The molecule has 0 aromatic heterocycles. The van der Waals surface area contributed by atoms with Gasteiger partial charge in [0.1, 0.15) is 6.61 Å². The molecule has 21 heavy (non-hydrogen) atoms. The van der Waals surface area contributed by atoms with Gasteiger partial charge in [0.05, 0.1) is 13.2 Å². The van der Waals surface area contributed by atoms with Crippen molar-refractivity contribution < 1.29 is 28.9 Å². The number of fused-ring (bicyclic) bond motifs is 1. The molecule has 1 N–H and O–H groups in total. The SMILES string of the molecule is O=C(O)[C@@H]1COCCN1C(=O)[C@@H]1COc2ccccc2O1. The molecule has 2 aliphatic rings. The van der Waals surface area contributed by atoms with E-state index in [0.29, 0.717) is 18.1 Å². The molecule has 1 amide bonds. The highest BCUT2D eigenvalue weighted by atomic mass is 16.6. The van der Waals surface area contributed by atoms with Crippen LogP contribution in [0.4, 0.5) is 0 Å². The lowest BCUT2D eigenvalue weighted by Gasteiger charge is -2.36. The van der Waals surface area contributed by atoms with Crippen LogP contribution in [0.25, 0.3) is 0 Å². The van der Waals surface area contributed by atoms with E-state index in [9.17, 15) is 9.59 Å². The van der Waals surface area contributed by atoms with E-state index >= 15 is 0 Å². The fraction of sp³-hybridized carbons (Fsp3) is 0.429. The van der Waals surface area contributed by atoms with Gasteiger partial charge in [-0.25, -0.2) is 4.79 Å². The number of aliphatic carboxylic acids is 1. The molecule has 2 heterocycles. The molecule has 0 radical (unpaired) electrons. The highest BCUT2D eigenvalue weighted by Gasteiger charge is 2.38. The first-order valence-corrected chi connectivity index (χ1v) is 6.66. The minimum absolute atomic E-state index is 0.00869. The van der Waals surface area contributed by atoms with E-state index in [4.69, 9.17) is 19.3 Å². The summed E-state index contributed by atoms with van der Waals surface area (Å²) in [5, 5.41) is 9.17. The second-order valence-electron chi connectivity index (χ2n) is 4.82. The van der Waals surface area contributed by atoms with Gasteiger partial charge in [0.15, 0.2) is 17.5 Å². The van der Waals surface area contributed by atoms with Crippen molar-refractivity contribution in [1.82, 2.24) is 4.90 Å². The van der Waals surface area contributed by atoms with Gasteiger partial charge in [-0.15, -0.1) is 0 Å². The molecule has 1 saturated heterocycles. The number of hydrogen-bond donors (Lipinski definition) is 1. The summed E-state index contributed by atoms with van der Waals surface area (Å²) in [6.07, 6.45) is -0.833. The van der Waals surface area contributed by atoms with Crippen LogP contribution in [0.15, 0.2) is 24.3 Å². The molecular formula is C14H15NO6. The maximum absolute atomic E-state index is 12.5. The van der Waals surface area contributed by atoms with Crippen LogP contribution in [0.5, 0.6) is 11.5 Å². The van der Waals surface area contributed by atoms with Crippen LogP contribution in [0, 0.1) is 0 Å². The fourth-order valence-electron chi connectivity index (χ4n) is 2.40. The maximum Gasteiger partial charge on any atom is 0.328 e. The van der Waals surface area contributed by atoms with E-state index in [1.54, 1.807) is 18.2 Å². The summed E-state index contributed by atoms with van der Waals surface area (Å²) in [5.41, 5.74) is 0. The number of benzene rings is 1. The molecule has 1 aromatic carbocycles. The van der Waals surface area contributed by atoms with Gasteiger partial charge in [-0.2, -0.15) is 0 Å². The van der Waals surface area contributed by atoms with Crippen molar-refractivity contribution in [3.63, 3.8) is 0 Å². The zero-order chi connectivity index (χ0) is 14.8. The summed E-state index contributed by atoms with van der Waals surface area (Å²) in [6, 6.07) is 6.08. The molecule has 1 fully saturated rings. The fourth-order valence-corrected chi connectivity index (χ4v) is 2.40. The second kappa shape index (κ2) is 5.61. The van der Waals surface area contributed by atoms with Gasteiger partial charge in [0.2, 0.25) is 6.10 Å². The summed E-state index contributed by atoms with van der Waals surface area (Å²) >= 11 is 0. The first-order chi connectivity index (χ1) is 10.2. The summed E-state index contributed by atoms with van der Waals surface area (Å²) in [5.74, 6) is -0.402. The van der Waals surface area contributed by atoms with Crippen molar-refractivity contribution in [2.45, 2.75) is 12.1 Å². The molecule has 2 atom stereocenters. The van der Waals surface area contributed by atoms with E-state index in [1.165, 1.54) is 4.90 Å². The molecule has 0 saturated carbocycles. The highest BCUT2D eigenvalue weighted by Crippen LogP contribution is 2.31. The second-order valence-corrected chi connectivity index (χ2v) is 4.82. The average molecular weight is 293 g/mol. The number of morpholine rings is 1. The van der Waals surface area contributed by atoms with Crippen LogP contribution < -0.4 is 9.47 Å². The van der Waals surface area contributed by atoms with Crippen molar-refractivity contribution in [2.24, 2.45) is 0 Å². The minimum atomic E-state index is -1.08. The van der Waals surface area contributed by atoms with Gasteiger partial charge in [-0.05, 0) is 12.1 Å². The predicted octanol–water partition coefficient (Wildman–Crippen LogP) is 0.138. The lowest BCUT2D eigenvalue weighted by Crippen LogP contribution is -2.57. The van der Waals surface area contributed by atoms with E-state index in [1.807, 2.05) is 6.07 Å². The predicted molar refractivity (Wildman–Crippen MR) is 70.3 cm³/mol. The van der Waals surface area contributed by atoms with Crippen LogP contribution in [0.2, 0.25) is 0 Å². The number of rotatable bonds is 2. The number of hydrogen-bond acceptors (Lipinski definition) is 5. The van der Waals surface area contributed by atoms with Crippen LogP contribution in [-0.2, 0) is 14.3 Å². The Labute approximate surface area is 121 Å². The Bertz CT molecular complexity index is 560. The number of nitrogens with zero attached hydrogens (tertiary/aromatic N) is 1. The van der Waals surface area contributed by atoms with Gasteiger partial charge in [-0.3, -0.25) is 4.79 Å². The Balaban J connectivity index is 1.75. The Hall–Kier alpha value is -2.28. The lowest BCUT2D eigenvalue weighted by molar-refractivity contribution is -0.163. The summed E-state index contributed by atoms with van der Waals surface area (Å²) in [4.78, 5) is 25.0. The van der Waals surface area contributed by atoms with E-state index < -0.39 is 18.1 Å². The Morgan fingerprint density at radius 3 is 2.71 bits per heavy atom. The topological polar surface area (TPSA) is 85.3 Å². The molecular weight excluding hydrogens is 278 g/mol. The Morgan fingerprint density at radius 2 is 1.95 bits per heavy atom.